The van der Waals surface area contributed by atoms with Gasteiger partial charge in [0.15, 0.2) is 5.78 Å². The van der Waals surface area contributed by atoms with Gasteiger partial charge in [0.05, 0.1) is 6.54 Å². The maximum absolute atomic E-state index is 13.3. The minimum absolute atomic E-state index is 0.0340. The zero-order valence-electron chi connectivity index (χ0n) is 18.3. The summed E-state index contributed by atoms with van der Waals surface area (Å²) in [6, 6.07) is 17.1. The number of halogens is 1. The van der Waals surface area contributed by atoms with Gasteiger partial charge in [-0.3, -0.25) is 9.69 Å². The summed E-state index contributed by atoms with van der Waals surface area (Å²) in [7, 11) is 0. The van der Waals surface area contributed by atoms with Crippen LogP contribution >= 0.6 is 0 Å². The average Bonchev–Trinajstić information content (AvgIpc) is 3.09. The van der Waals surface area contributed by atoms with E-state index in [0.717, 1.165) is 17.1 Å². The normalized spacial score (nSPS) is 14.4. The van der Waals surface area contributed by atoms with Crippen molar-refractivity contribution in [3.8, 4) is 11.4 Å². The molecule has 0 bridgehead atoms. The number of benzene rings is 2. The van der Waals surface area contributed by atoms with Gasteiger partial charge >= 0.3 is 6.09 Å². The molecule has 1 aliphatic rings. The molecule has 6 nitrogen and oxygen atoms in total. The summed E-state index contributed by atoms with van der Waals surface area (Å²) < 4.78 is 20.6. The van der Waals surface area contributed by atoms with Gasteiger partial charge in [-0.15, -0.1) is 0 Å². The second-order valence-corrected chi connectivity index (χ2v) is 7.96. The van der Waals surface area contributed by atoms with Crippen molar-refractivity contribution in [1.82, 2.24) is 14.4 Å². The van der Waals surface area contributed by atoms with E-state index in [4.69, 9.17) is 4.74 Å². The van der Waals surface area contributed by atoms with Gasteiger partial charge in [-0.2, -0.15) is 0 Å². The van der Waals surface area contributed by atoms with Gasteiger partial charge in [-0.1, -0.05) is 18.2 Å². The molecule has 0 saturated carbocycles. The number of rotatable bonds is 5. The monoisotopic (exact) mass is 435 g/mol. The highest BCUT2D eigenvalue weighted by atomic mass is 19.1. The molecular formula is C25H26FN3O3. The highest BCUT2D eigenvalue weighted by molar-refractivity contribution is 5.99. The quantitative estimate of drug-likeness (QED) is 0.563. The SMILES string of the molecule is Cc1cc(C(=O)CN2CCN(C(=O)Oc3ccccc3)CC2)c(C)n1-c1ccc(F)cc1. The van der Waals surface area contributed by atoms with Gasteiger partial charge in [0.25, 0.3) is 0 Å². The number of nitrogens with zero attached hydrogens (tertiary/aromatic N) is 3. The highest BCUT2D eigenvalue weighted by Gasteiger charge is 2.25. The van der Waals surface area contributed by atoms with Crippen molar-refractivity contribution in [2.24, 2.45) is 0 Å². The number of piperazine rings is 1. The Morgan fingerprint density at radius 2 is 1.59 bits per heavy atom. The molecule has 32 heavy (non-hydrogen) atoms. The van der Waals surface area contributed by atoms with E-state index in [0.29, 0.717) is 37.5 Å². The largest absolute Gasteiger partial charge is 0.415 e. The number of aryl methyl sites for hydroxylation is 1. The van der Waals surface area contributed by atoms with Gasteiger partial charge in [0.1, 0.15) is 11.6 Å². The lowest BCUT2D eigenvalue weighted by molar-refractivity contribution is 0.0845. The highest BCUT2D eigenvalue weighted by Crippen LogP contribution is 2.22. The van der Waals surface area contributed by atoms with Crippen molar-refractivity contribution in [2.45, 2.75) is 13.8 Å². The molecule has 1 aromatic heterocycles. The minimum Gasteiger partial charge on any atom is -0.410 e. The first kappa shape index (κ1) is 21.8. The molecule has 1 fully saturated rings. The Bertz CT molecular complexity index is 1100. The molecule has 0 radical (unpaired) electrons. The van der Waals surface area contributed by atoms with E-state index in [2.05, 4.69) is 4.90 Å². The molecule has 3 aromatic rings. The Balaban J connectivity index is 1.36. The predicted octanol–water partition coefficient (Wildman–Crippen LogP) is 4.23. The Hall–Kier alpha value is -3.45. The Morgan fingerprint density at radius 3 is 2.25 bits per heavy atom. The van der Waals surface area contributed by atoms with Gasteiger partial charge in [-0.05, 0) is 56.3 Å². The standard InChI is InChI=1S/C25H26FN3O3/c1-18-16-23(19(2)29(18)21-10-8-20(26)9-11-21)24(30)17-27-12-14-28(15-13-27)25(31)32-22-6-4-3-5-7-22/h3-11,16H,12-15,17H2,1-2H3. The van der Waals surface area contributed by atoms with Crippen LogP contribution in [0.4, 0.5) is 9.18 Å². The molecule has 166 valence electrons. The average molecular weight is 435 g/mol. The lowest BCUT2D eigenvalue weighted by Gasteiger charge is -2.33. The molecule has 0 N–H and O–H groups in total. The van der Waals surface area contributed by atoms with Crippen LogP contribution in [0, 0.1) is 19.7 Å². The minimum atomic E-state index is -0.370. The predicted molar refractivity (Wildman–Crippen MR) is 120 cm³/mol. The Morgan fingerprint density at radius 1 is 0.938 bits per heavy atom. The lowest BCUT2D eigenvalue weighted by atomic mass is 10.1. The van der Waals surface area contributed by atoms with Crippen LogP contribution in [0.2, 0.25) is 0 Å². The molecule has 0 unspecified atom stereocenters. The number of para-hydroxylation sites is 1. The van der Waals surface area contributed by atoms with E-state index in [-0.39, 0.29) is 24.2 Å². The van der Waals surface area contributed by atoms with Crippen molar-refractivity contribution in [3.05, 3.63) is 83.4 Å². The van der Waals surface area contributed by atoms with Crippen LogP contribution in [-0.4, -0.2) is 59.0 Å². The number of amides is 1. The summed E-state index contributed by atoms with van der Waals surface area (Å²) in [5.41, 5.74) is 3.25. The summed E-state index contributed by atoms with van der Waals surface area (Å²) in [5, 5.41) is 0. The molecule has 0 aliphatic carbocycles. The number of carbonyl (C=O) groups is 2. The maximum Gasteiger partial charge on any atom is 0.415 e. The van der Waals surface area contributed by atoms with Gasteiger partial charge < -0.3 is 14.2 Å². The molecule has 1 amide bonds. The molecule has 0 spiro atoms. The topological polar surface area (TPSA) is 54.8 Å². The van der Waals surface area contributed by atoms with Crippen LogP contribution in [0.5, 0.6) is 5.75 Å². The first-order valence-corrected chi connectivity index (χ1v) is 10.6. The fraction of sp³-hybridized carbons (Fsp3) is 0.280. The second-order valence-electron chi connectivity index (χ2n) is 7.96. The molecule has 1 aliphatic heterocycles. The van der Waals surface area contributed by atoms with Crippen LogP contribution in [0.1, 0.15) is 21.7 Å². The number of carbonyl (C=O) groups excluding carboxylic acids is 2. The van der Waals surface area contributed by atoms with Gasteiger partial charge in [-0.25, -0.2) is 9.18 Å². The molecule has 4 rings (SSSR count). The van der Waals surface area contributed by atoms with E-state index >= 15 is 0 Å². The molecule has 1 saturated heterocycles. The number of hydrogen-bond donors (Lipinski definition) is 0. The smallest absolute Gasteiger partial charge is 0.410 e. The molecule has 7 heteroatoms. The number of Topliss-reactive ketones (excluding diaryl/α,β-unsaturated/α-hetero) is 1. The second kappa shape index (κ2) is 9.36. The van der Waals surface area contributed by atoms with Crippen LogP contribution in [0.3, 0.4) is 0 Å². The van der Waals surface area contributed by atoms with Crippen molar-refractivity contribution in [1.29, 1.82) is 0 Å². The molecular weight excluding hydrogens is 409 g/mol. The molecule has 0 atom stereocenters. The zero-order chi connectivity index (χ0) is 22.7. The van der Waals surface area contributed by atoms with E-state index in [1.54, 1.807) is 29.2 Å². The lowest BCUT2D eigenvalue weighted by Crippen LogP contribution is -2.50. The van der Waals surface area contributed by atoms with Gasteiger partial charge in [0.2, 0.25) is 0 Å². The van der Waals surface area contributed by atoms with Crippen LogP contribution < -0.4 is 4.74 Å². The Kier molecular flexibility index (Phi) is 6.37. The first-order valence-electron chi connectivity index (χ1n) is 10.6. The molecule has 2 aromatic carbocycles. The summed E-state index contributed by atoms with van der Waals surface area (Å²) >= 11 is 0. The van der Waals surface area contributed by atoms with Gasteiger partial charge in [0, 0.05) is 48.8 Å². The third-order valence-electron chi connectivity index (χ3n) is 5.76. The molecule has 2 heterocycles. The summed E-state index contributed by atoms with van der Waals surface area (Å²) in [5.74, 6) is 0.262. The number of hydrogen-bond acceptors (Lipinski definition) is 4. The van der Waals surface area contributed by atoms with E-state index < -0.39 is 0 Å². The zero-order valence-corrected chi connectivity index (χ0v) is 18.3. The number of ether oxygens (including phenoxy) is 1. The fourth-order valence-corrected chi connectivity index (χ4v) is 4.06. The fourth-order valence-electron chi connectivity index (χ4n) is 4.06. The first-order chi connectivity index (χ1) is 15.4. The van der Waals surface area contributed by atoms with Crippen LogP contribution in [0.25, 0.3) is 5.69 Å². The van der Waals surface area contributed by atoms with E-state index in [1.807, 2.05) is 42.7 Å². The Labute approximate surface area is 186 Å². The van der Waals surface area contributed by atoms with E-state index in [9.17, 15) is 14.0 Å². The summed E-state index contributed by atoms with van der Waals surface area (Å²) in [4.78, 5) is 29.1. The van der Waals surface area contributed by atoms with Crippen molar-refractivity contribution in [3.63, 3.8) is 0 Å². The third kappa shape index (κ3) is 4.73. The van der Waals surface area contributed by atoms with Crippen molar-refractivity contribution < 1.29 is 18.7 Å². The number of ketones is 1. The maximum atomic E-state index is 13.3. The summed E-state index contributed by atoms with van der Waals surface area (Å²) in [6.45, 7) is 6.35. The van der Waals surface area contributed by atoms with E-state index in [1.165, 1.54) is 12.1 Å². The third-order valence-corrected chi connectivity index (χ3v) is 5.76. The van der Waals surface area contributed by atoms with Crippen LogP contribution in [-0.2, 0) is 0 Å². The number of aromatic nitrogens is 1. The van der Waals surface area contributed by atoms with Crippen molar-refractivity contribution in [2.75, 3.05) is 32.7 Å². The van der Waals surface area contributed by atoms with Crippen LogP contribution in [0.15, 0.2) is 60.7 Å². The van der Waals surface area contributed by atoms with Crippen molar-refractivity contribution >= 4 is 11.9 Å². The summed E-state index contributed by atoms with van der Waals surface area (Å²) in [6.07, 6.45) is -0.370.